The van der Waals surface area contributed by atoms with Crippen LogP contribution >= 0.6 is 0 Å². The number of nitrogens with zero attached hydrogens (tertiary/aromatic N) is 2. The first-order valence-corrected chi connectivity index (χ1v) is 6.27. The zero-order chi connectivity index (χ0) is 9.19. The van der Waals surface area contributed by atoms with Crippen molar-refractivity contribution in [2.45, 2.75) is 19.9 Å². The molecule has 1 aliphatic heterocycles. The van der Waals surface area contributed by atoms with Gasteiger partial charge >= 0.3 is 0 Å². The summed E-state index contributed by atoms with van der Waals surface area (Å²) in [5.74, 6) is 1.50. The zero-order valence-electron chi connectivity index (χ0n) is 8.12. The van der Waals surface area contributed by atoms with Gasteiger partial charge in [-0.25, -0.2) is 8.57 Å². The van der Waals surface area contributed by atoms with E-state index in [0.717, 1.165) is 24.6 Å². The van der Waals surface area contributed by atoms with E-state index in [0.29, 0.717) is 0 Å². The van der Waals surface area contributed by atoms with Crippen molar-refractivity contribution in [1.29, 1.82) is 0 Å². The standard InChI is InChI=1S/C8H18N2OS/c1-8(2)9-12(11)6-4-10(3)5-7-12/h8H,4-7H2,1-3H3. The maximum absolute atomic E-state index is 12.0. The van der Waals surface area contributed by atoms with Gasteiger partial charge in [0.05, 0.1) is 6.04 Å². The second-order valence-corrected chi connectivity index (χ2v) is 6.26. The highest BCUT2D eigenvalue weighted by molar-refractivity contribution is 7.93. The molecule has 0 amide bonds. The lowest BCUT2D eigenvalue weighted by atomic mass is 10.4. The van der Waals surface area contributed by atoms with E-state index >= 15 is 0 Å². The third-order valence-electron chi connectivity index (χ3n) is 1.99. The van der Waals surface area contributed by atoms with E-state index in [9.17, 15) is 4.21 Å². The van der Waals surface area contributed by atoms with Crippen molar-refractivity contribution in [3.05, 3.63) is 0 Å². The second kappa shape index (κ2) is 3.75. The van der Waals surface area contributed by atoms with Gasteiger partial charge in [-0.1, -0.05) is 0 Å². The van der Waals surface area contributed by atoms with Gasteiger partial charge in [0.1, 0.15) is 0 Å². The van der Waals surface area contributed by atoms with Crippen LogP contribution in [0.1, 0.15) is 13.8 Å². The molecule has 0 saturated carbocycles. The molecule has 0 aromatic rings. The van der Waals surface area contributed by atoms with Gasteiger partial charge in [0.2, 0.25) is 0 Å². The van der Waals surface area contributed by atoms with E-state index in [-0.39, 0.29) is 6.04 Å². The van der Waals surface area contributed by atoms with Crippen LogP contribution in [0, 0.1) is 0 Å². The van der Waals surface area contributed by atoms with Crippen molar-refractivity contribution in [2.24, 2.45) is 4.36 Å². The van der Waals surface area contributed by atoms with Gasteiger partial charge < -0.3 is 4.90 Å². The lowest BCUT2D eigenvalue weighted by molar-refractivity contribution is 0.365. The van der Waals surface area contributed by atoms with Gasteiger partial charge in [-0.3, -0.25) is 0 Å². The molecule has 4 heteroatoms. The van der Waals surface area contributed by atoms with Gasteiger partial charge in [-0.15, -0.1) is 0 Å². The van der Waals surface area contributed by atoms with E-state index in [1.807, 2.05) is 13.8 Å². The van der Waals surface area contributed by atoms with E-state index < -0.39 is 9.73 Å². The van der Waals surface area contributed by atoms with Crippen LogP contribution in [-0.4, -0.2) is 46.8 Å². The highest BCUT2D eigenvalue weighted by Crippen LogP contribution is 2.07. The Hall–Kier alpha value is -0.0900. The molecular formula is C8H18N2OS. The zero-order valence-corrected chi connectivity index (χ0v) is 8.93. The SMILES string of the molecule is CC(C)N=S1(=O)CCN(C)CC1. The first-order chi connectivity index (χ1) is 5.52. The first kappa shape index (κ1) is 9.99. The number of hydrogen-bond donors (Lipinski definition) is 0. The molecule has 0 radical (unpaired) electrons. The van der Waals surface area contributed by atoms with Crippen molar-refractivity contribution in [3.63, 3.8) is 0 Å². The van der Waals surface area contributed by atoms with Crippen molar-refractivity contribution in [1.82, 2.24) is 4.90 Å². The average Bonchev–Trinajstić information content (AvgIpc) is 1.94. The molecule has 1 saturated heterocycles. The van der Waals surface area contributed by atoms with Crippen LogP contribution in [0.2, 0.25) is 0 Å². The molecule has 1 fully saturated rings. The van der Waals surface area contributed by atoms with Crippen LogP contribution in [0.5, 0.6) is 0 Å². The normalized spacial score (nSPS) is 24.3. The molecule has 12 heavy (non-hydrogen) atoms. The predicted molar refractivity (Wildman–Crippen MR) is 52.9 cm³/mol. The molecule has 0 unspecified atom stereocenters. The molecule has 0 bridgehead atoms. The molecule has 0 aromatic carbocycles. The third-order valence-corrected chi connectivity index (χ3v) is 4.43. The summed E-state index contributed by atoms with van der Waals surface area (Å²) in [4.78, 5) is 2.21. The lowest BCUT2D eigenvalue weighted by Crippen LogP contribution is -2.37. The number of rotatable bonds is 1. The van der Waals surface area contributed by atoms with Gasteiger partial charge in [0.25, 0.3) is 0 Å². The summed E-state index contributed by atoms with van der Waals surface area (Å²) < 4.78 is 16.3. The summed E-state index contributed by atoms with van der Waals surface area (Å²) >= 11 is 0. The maximum Gasteiger partial charge on any atom is 0.0537 e. The van der Waals surface area contributed by atoms with Gasteiger partial charge in [0.15, 0.2) is 0 Å². The molecule has 1 rings (SSSR count). The quantitative estimate of drug-likeness (QED) is 0.613. The highest BCUT2D eigenvalue weighted by Gasteiger charge is 2.17. The van der Waals surface area contributed by atoms with Crippen molar-refractivity contribution in [3.8, 4) is 0 Å². The fourth-order valence-corrected chi connectivity index (χ4v) is 3.68. The van der Waals surface area contributed by atoms with Crippen LogP contribution in [0.15, 0.2) is 4.36 Å². The fraction of sp³-hybridized carbons (Fsp3) is 1.00. The summed E-state index contributed by atoms with van der Waals surface area (Å²) in [6.45, 7) is 5.83. The maximum atomic E-state index is 12.0. The van der Waals surface area contributed by atoms with Crippen LogP contribution in [0.4, 0.5) is 0 Å². The second-order valence-electron chi connectivity index (χ2n) is 3.68. The fourth-order valence-electron chi connectivity index (χ4n) is 1.30. The van der Waals surface area contributed by atoms with Crippen LogP contribution < -0.4 is 0 Å². The monoisotopic (exact) mass is 190 g/mol. The predicted octanol–water partition coefficient (Wildman–Crippen LogP) is 0.808. The summed E-state index contributed by atoms with van der Waals surface area (Å²) in [6.07, 6.45) is 0. The van der Waals surface area contributed by atoms with E-state index in [2.05, 4.69) is 16.3 Å². The summed E-state index contributed by atoms with van der Waals surface area (Å²) in [5, 5.41) is 0. The van der Waals surface area contributed by atoms with Crippen molar-refractivity contribution in [2.75, 3.05) is 31.6 Å². The lowest BCUT2D eigenvalue weighted by Gasteiger charge is -2.25. The summed E-state index contributed by atoms with van der Waals surface area (Å²) in [6, 6.07) is 0.209. The minimum Gasteiger partial charge on any atom is -0.304 e. The Morgan fingerprint density at radius 3 is 2.25 bits per heavy atom. The summed E-state index contributed by atoms with van der Waals surface area (Å²) in [7, 11) is 0.225. The molecule has 0 aliphatic carbocycles. The molecule has 0 spiro atoms. The van der Waals surface area contributed by atoms with Gasteiger partial charge in [-0.2, -0.15) is 0 Å². The van der Waals surface area contributed by atoms with Crippen LogP contribution in [0.25, 0.3) is 0 Å². The Kier molecular flexibility index (Phi) is 3.12. The molecule has 3 nitrogen and oxygen atoms in total. The largest absolute Gasteiger partial charge is 0.304 e. The van der Waals surface area contributed by atoms with Gasteiger partial charge in [-0.05, 0) is 20.9 Å². The molecule has 1 heterocycles. The molecule has 1 aliphatic rings. The van der Waals surface area contributed by atoms with E-state index in [1.54, 1.807) is 0 Å². The molecule has 0 N–H and O–H groups in total. The Morgan fingerprint density at radius 1 is 1.33 bits per heavy atom. The minimum atomic E-state index is -1.84. The molecular weight excluding hydrogens is 172 g/mol. The smallest absolute Gasteiger partial charge is 0.0537 e. The van der Waals surface area contributed by atoms with Crippen molar-refractivity contribution >= 4 is 9.73 Å². The summed E-state index contributed by atoms with van der Waals surface area (Å²) in [5.41, 5.74) is 0. The number of hydrogen-bond acceptors (Lipinski definition) is 3. The van der Waals surface area contributed by atoms with E-state index in [1.165, 1.54) is 0 Å². The molecule has 0 aromatic heterocycles. The Morgan fingerprint density at radius 2 is 1.83 bits per heavy atom. The molecule has 72 valence electrons. The Balaban J connectivity index is 2.69. The first-order valence-electron chi connectivity index (χ1n) is 4.42. The molecule has 0 atom stereocenters. The highest BCUT2D eigenvalue weighted by atomic mass is 32.2. The van der Waals surface area contributed by atoms with Crippen molar-refractivity contribution < 1.29 is 4.21 Å². The van der Waals surface area contributed by atoms with E-state index in [4.69, 9.17) is 0 Å². The Labute approximate surface area is 75.3 Å². The third kappa shape index (κ3) is 2.75. The topological polar surface area (TPSA) is 32.7 Å². The minimum absolute atomic E-state index is 0.209. The van der Waals surface area contributed by atoms with Crippen LogP contribution in [-0.2, 0) is 9.73 Å². The van der Waals surface area contributed by atoms with Crippen LogP contribution in [0.3, 0.4) is 0 Å². The average molecular weight is 190 g/mol. The van der Waals surface area contributed by atoms with Gasteiger partial charge in [0, 0.05) is 34.3 Å². The Bertz CT molecular complexity index is 240.